The van der Waals surface area contributed by atoms with Gasteiger partial charge in [0.2, 0.25) is 25.6 Å². The number of sulfone groups is 2. The number of benzene rings is 3. The van der Waals surface area contributed by atoms with E-state index in [2.05, 4.69) is 5.32 Å². The van der Waals surface area contributed by atoms with Crippen LogP contribution in [0.1, 0.15) is 25.5 Å². The van der Waals surface area contributed by atoms with Gasteiger partial charge in [-0.15, -0.1) is 0 Å². The summed E-state index contributed by atoms with van der Waals surface area (Å²) in [6, 6.07) is 14.8. The van der Waals surface area contributed by atoms with Crippen molar-refractivity contribution in [2.45, 2.75) is 39.5 Å². The Bertz CT molecular complexity index is 1380. The fourth-order valence-electron chi connectivity index (χ4n) is 3.24. The van der Waals surface area contributed by atoms with Crippen LogP contribution in [-0.4, -0.2) is 29.9 Å². The van der Waals surface area contributed by atoms with Gasteiger partial charge in [-0.2, -0.15) is 0 Å². The molecule has 0 aliphatic rings. The van der Waals surface area contributed by atoms with Crippen LogP contribution in [0.2, 0.25) is 5.02 Å². The molecule has 1 N–H and O–H groups in total. The summed E-state index contributed by atoms with van der Waals surface area (Å²) in [6.07, 6.45) is 0. The summed E-state index contributed by atoms with van der Waals surface area (Å²) in [5.41, 5.74) is 0.702. The maximum atomic E-state index is 13.4. The first-order valence-electron chi connectivity index (χ1n) is 9.77. The molecule has 0 saturated carbocycles. The third-order valence-electron chi connectivity index (χ3n) is 4.96. The fourth-order valence-corrected chi connectivity index (χ4v) is 6.70. The van der Waals surface area contributed by atoms with E-state index in [1.807, 2.05) is 0 Å². The van der Waals surface area contributed by atoms with Gasteiger partial charge in [0, 0.05) is 18.0 Å². The van der Waals surface area contributed by atoms with Crippen molar-refractivity contribution >= 4 is 37.2 Å². The summed E-state index contributed by atoms with van der Waals surface area (Å²) in [5.74, 6) is -0.0181. The van der Waals surface area contributed by atoms with E-state index in [-0.39, 0.29) is 32.4 Å². The summed E-state index contributed by atoms with van der Waals surface area (Å²) >= 11 is 5.87. The normalized spacial score (nSPS) is 12.7. The van der Waals surface area contributed by atoms with Crippen molar-refractivity contribution < 1.29 is 26.4 Å². The van der Waals surface area contributed by atoms with Crippen LogP contribution in [0.3, 0.4) is 0 Å². The molecule has 0 bridgehead atoms. The van der Waals surface area contributed by atoms with Crippen molar-refractivity contribution in [1.82, 2.24) is 5.32 Å². The summed E-state index contributed by atoms with van der Waals surface area (Å²) in [6.45, 7) is 3.16. The molecule has 3 aromatic rings. The zero-order chi connectivity index (χ0) is 24.4. The summed E-state index contributed by atoms with van der Waals surface area (Å²) in [4.78, 5) is 10.3. The van der Waals surface area contributed by atoms with Crippen LogP contribution < -0.4 is 10.1 Å². The average Bonchev–Trinajstić information content (AvgIpc) is 2.78. The maximum Gasteiger partial charge on any atom is 0.217 e. The maximum absolute atomic E-state index is 13.4. The van der Waals surface area contributed by atoms with Crippen molar-refractivity contribution in [2.24, 2.45) is 0 Å². The lowest BCUT2D eigenvalue weighted by molar-refractivity contribution is -0.119. The number of ether oxygens (including phenoxy) is 1. The van der Waals surface area contributed by atoms with Crippen molar-refractivity contribution in [3.8, 4) is 5.75 Å². The van der Waals surface area contributed by atoms with Gasteiger partial charge in [0.15, 0.2) is 0 Å². The van der Waals surface area contributed by atoms with Crippen LogP contribution in [0.15, 0.2) is 86.3 Å². The number of carbonyl (C=O) groups excluding carboxylic acids is 1. The molecule has 3 aromatic carbocycles. The summed E-state index contributed by atoms with van der Waals surface area (Å²) < 4.78 is 58.7. The first kappa shape index (κ1) is 24.8. The molecule has 10 heteroatoms. The first-order valence-corrected chi connectivity index (χ1v) is 13.1. The number of amides is 1. The fraction of sp³-hybridized carbons (Fsp3) is 0.174. The molecule has 0 aliphatic heterocycles. The Labute approximate surface area is 198 Å². The molecule has 0 spiro atoms. The number of methoxy groups -OCH3 is 1. The molecule has 0 aromatic heterocycles. The van der Waals surface area contributed by atoms with Crippen LogP contribution in [0.4, 0.5) is 0 Å². The Morgan fingerprint density at radius 3 is 1.88 bits per heavy atom. The van der Waals surface area contributed by atoms with E-state index in [4.69, 9.17) is 16.3 Å². The zero-order valence-electron chi connectivity index (χ0n) is 18.1. The van der Waals surface area contributed by atoms with Gasteiger partial charge in [0.05, 0.1) is 32.7 Å². The highest BCUT2D eigenvalue weighted by atomic mass is 35.5. The number of rotatable bonds is 7. The quantitative estimate of drug-likeness (QED) is 0.513. The van der Waals surface area contributed by atoms with Crippen LogP contribution in [0, 0.1) is 0 Å². The number of nitrogens with one attached hydrogen (secondary N) is 1. The standard InChI is InChI=1S/C23H22ClNO6S2/c1-15(25-16(2)26)17-4-9-20(10-5-17)32(27,28)22-13-8-19(31-3)14-23(22)33(29,30)21-11-6-18(24)7-12-21/h4-15H,1-3H3,(H,25,26). The molecule has 1 unspecified atom stereocenters. The predicted octanol–water partition coefficient (Wildman–Crippen LogP) is 4.21. The van der Waals surface area contributed by atoms with Crippen molar-refractivity contribution in [3.63, 3.8) is 0 Å². The molecule has 3 rings (SSSR count). The van der Waals surface area contributed by atoms with E-state index >= 15 is 0 Å². The number of hydrogen-bond donors (Lipinski definition) is 1. The number of halogens is 1. The second-order valence-electron chi connectivity index (χ2n) is 7.26. The largest absolute Gasteiger partial charge is 0.497 e. The Balaban J connectivity index is 2.12. The van der Waals surface area contributed by atoms with Crippen molar-refractivity contribution in [1.29, 1.82) is 0 Å². The highest BCUT2D eigenvalue weighted by molar-refractivity contribution is 7.94. The Morgan fingerprint density at radius 2 is 1.36 bits per heavy atom. The van der Waals surface area contributed by atoms with Gasteiger partial charge in [0.1, 0.15) is 5.75 Å². The molecule has 1 atom stereocenters. The molecule has 0 saturated heterocycles. The van der Waals surface area contributed by atoms with Crippen LogP contribution in [0.5, 0.6) is 5.75 Å². The lowest BCUT2D eigenvalue weighted by atomic mass is 10.1. The summed E-state index contributed by atoms with van der Waals surface area (Å²) in [7, 11) is -7.06. The topological polar surface area (TPSA) is 107 Å². The molecule has 0 fully saturated rings. The Morgan fingerprint density at radius 1 is 0.848 bits per heavy atom. The minimum Gasteiger partial charge on any atom is -0.497 e. The molecule has 7 nitrogen and oxygen atoms in total. The number of carbonyl (C=O) groups is 1. The Hall–Kier alpha value is -2.88. The van der Waals surface area contributed by atoms with E-state index in [0.717, 1.165) is 0 Å². The third-order valence-corrected chi connectivity index (χ3v) is 8.98. The molecular formula is C23H22ClNO6S2. The minimum absolute atomic E-state index is 0.0843. The smallest absolute Gasteiger partial charge is 0.217 e. The Kier molecular flexibility index (Phi) is 7.16. The average molecular weight is 508 g/mol. The highest BCUT2D eigenvalue weighted by Crippen LogP contribution is 2.34. The van der Waals surface area contributed by atoms with Crippen molar-refractivity contribution in [2.75, 3.05) is 7.11 Å². The van der Waals surface area contributed by atoms with E-state index in [0.29, 0.717) is 10.6 Å². The zero-order valence-corrected chi connectivity index (χ0v) is 20.5. The van der Waals surface area contributed by atoms with Crippen LogP contribution >= 0.6 is 11.6 Å². The molecule has 33 heavy (non-hydrogen) atoms. The molecule has 0 aliphatic carbocycles. The summed E-state index contributed by atoms with van der Waals surface area (Å²) in [5, 5.41) is 3.07. The second kappa shape index (κ2) is 9.54. The second-order valence-corrected chi connectivity index (χ2v) is 11.5. The number of hydrogen-bond acceptors (Lipinski definition) is 6. The van der Waals surface area contributed by atoms with E-state index in [1.165, 1.54) is 68.6 Å². The van der Waals surface area contributed by atoms with Gasteiger partial charge in [0.25, 0.3) is 0 Å². The minimum atomic E-state index is -4.21. The van der Waals surface area contributed by atoms with Gasteiger partial charge in [-0.3, -0.25) is 4.79 Å². The van der Waals surface area contributed by atoms with E-state index < -0.39 is 24.6 Å². The van der Waals surface area contributed by atoms with Crippen LogP contribution in [-0.2, 0) is 24.5 Å². The van der Waals surface area contributed by atoms with Crippen molar-refractivity contribution in [3.05, 3.63) is 77.3 Å². The van der Waals surface area contributed by atoms with Gasteiger partial charge in [-0.1, -0.05) is 23.7 Å². The SMILES string of the molecule is COc1ccc(S(=O)(=O)c2ccc(C(C)NC(C)=O)cc2)c(S(=O)(=O)c2ccc(Cl)cc2)c1. The van der Waals surface area contributed by atoms with Gasteiger partial charge in [-0.25, -0.2) is 16.8 Å². The predicted molar refractivity (Wildman–Crippen MR) is 124 cm³/mol. The van der Waals surface area contributed by atoms with Gasteiger partial charge < -0.3 is 10.1 Å². The van der Waals surface area contributed by atoms with E-state index in [9.17, 15) is 21.6 Å². The molecule has 0 radical (unpaired) electrons. The van der Waals surface area contributed by atoms with Gasteiger partial charge in [-0.05, 0) is 61.0 Å². The monoisotopic (exact) mass is 507 g/mol. The molecule has 174 valence electrons. The van der Waals surface area contributed by atoms with E-state index in [1.54, 1.807) is 19.1 Å². The third kappa shape index (κ3) is 5.21. The van der Waals surface area contributed by atoms with Crippen LogP contribution in [0.25, 0.3) is 0 Å². The lowest BCUT2D eigenvalue weighted by Gasteiger charge is -2.15. The highest BCUT2D eigenvalue weighted by Gasteiger charge is 2.30. The molecule has 1 amide bonds. The molecular weight excluding hydrogens is 486 g/mol. The lowest BCUT2D eigenvalue weighted by Crippen LogP contribution is -2.23. The first-order chi connectivity index (χ1) is 15.5. The molecule has 0 heterocycles. The van der Waals surface area contributed by atoms with Gasteiger partial charge >= 0.3 is 0 Å².